The number of alkyl halides is 3. The van der Waals surface area contributed by atoms with Crippen molar-refractivity contribution in [2.75, 3.05) is 30.3 Å². The fourth-order valence-corrected chi connectivity index (χ4v) is 3.85. The van der Waals surface area contributed by atoms with Gasteiger partial charge in [-0.25, -0.2) is 0 Å². The summed E-state index contributed by atoms with van der Waals surface area (Å²) in [6, 6.07) is 3.61. The maximum Gasteiger partial charge on any atom is 0.417 e. The number of piperidine rings is 1. The second-order valence-electron chi connectivity index (χ2n) is 7.81. The Morgan fingerprint density at radius 1 is 1.31 bits per heavy atom. The monoisotopic (exact) mass is 374 g/mol. The van der Waals surface area contributed by atoms with Gasteiger partial charge in [0.2, 0.25) is 0 Å². The molecule has 1 aromatic carbocycles. The van der Waals surface area contributed by atoms with Gasteiger partial charge >= 0.3 is 6.18 Å². The number of hydrogen-bond acceptors (Lipinski definition) is 5. The van der Waals surface area contributed by atoms with Crippen LogP contribution in [0.25, 0.3) is 0 Å². The first kappa shape index (κ1) is 19.1. The molecule has 0 amide bonds. The van der Waals surface area contributed by atoms with Gasteiger partial charge in [0, 0.05) is 31.1 Å². The molecule has 4 N–H and O–H groups in total. The Morgan fingerprint density at radius 2 is 1.92 bits per heavy atom. The van der Waals surface area contributed by atoms with Crippen LogP contribution in [0.1, 0.15) is 32.3 Å². The van der Waals surface area contributed by atoms with Crippen molar-refractivity contribution in [3.8, 4) is 5.75 Å². The molecule has 0 bridgehead atoms. The first-order chi connectivity index (χ1) is 12.0. The fourth-order valence-electron chi connectivity index (χ4n) is 3.85. The number of aliphatic hydroxyl groups excluding tert-OH is 1. The van der Waals surface area contributed by atoms with Gasteiger partial charge in [-0.15, -0.1) is 0 Å². The average molecular weight is 374 g/mol. The van der Waals surface area contributed by atoms with Gasteiger partial charge in [0.25, 0.3) is 0 Å². The minimum absolute atomic E-state index is 0.116. The summed E-state index contributed by atoms with van der Waals surface area (Å²) >= 11 is 0. The number of nitrogens with two attached hydrogens (primary N) is 1. The van der Waals surface area contributed by atoms with Crippen LogP contribution in [0.5, 0.6) is 5.75 Å². The molecule has 0 saturated carbocycles. The van der Waals surface area contributed by atoms with Gasteiger partial charge in [-0.05, 0) is 38.7 Å². The molecule has 8 heteroatoms. The van der Waals surface area contributed by atoms with Crippen molar-refractivity contribution in [2.45, 2.75) is 50.5 Å². The molecule has 2 aliphatic rings. The molecule has 0 spiro atoms. The lowest BCUT2D eigenvalue weighted by atomic mass is 9.81. The number of hydrogen-bond donors (Lipinski definition) is 3. The number of aliphatic hydroxyl groups is 2. The van der Waals surface area contributed by atoms with Crippen LogP contribution in [0.3, 0.4) is 0 Å². The molecule has 5 nitrogen and oxygen atoms in total. The fraction of sp³-hybridized carbons (Fsp3) is 0.667. The third-order valence-corrected chi connectivity index (χ3v) is 5.67. The molecule has 2 unspecified atom stereocenters. The van der Waals surface area contributed by atoms with E-state index in [0.29, 0.717) is 30.9 Å². The van der Waals surface area contributed by atoms with E-state index >= 15 is 0 Å². The van der Waals surface area contributed by atoms with E-state index in [2.05, 4.69) is 0 Å². The number of benzene rings is 1. The smallest absolute Gasteiger partial charge is 0.417 e. The molecule has 1 saturated heterocycles. The molecular formula is C18H25F3N2O3. The van der Waals surface area contributed by atoms with Gasteiger partial charge < -0.3 is 25.6 Å². The number of rotatable bonds is 3. The highest BCUT2D eigenvalue weighted by Gasteiger charge is 2.55. The molecule has 0 aromatic heterocycles. The maximum atomic E-state index is 13.0. The largest absolute Gasteiger partial charge is 0.484 e. The lowest BCUT2D eigenvalue weighted by Crippen LogP contribution is -2.52. The van der Waals surface area contributed by atoms with Crippen molar-refractivity contribution in [2.24, 2.45) is 5.92 Å². The van der Waals surface area contributed by atoms with E-state index in [0.717, 1.165) is 18.2 Å². The van der Waals surface area contributed by atoms with Crippen molar-refractivity contribution in [1.82, 2.24) is 0 Å². The zero-order valence-electron chi connectivity index (χ0n) is 14.9. The van der Waals surface area contributed by atoms with Gasteiger partial charge in [0.1, 0.15) is 11.4 Å². The third-order valence-electron chi connectivity index (χ3n) is 5.67. The van der Waals surface area contributed by atoms with Crippen LogP contribution in [0.4, 0.5) is 24.5 Å². The van der Waals surface area contributed by atoms with Crippen LogP contribution < -0.4 is 15.4 Å². The van der Waals surface area contributed by atoms with Crippen LogP contribution in [0.2, 0.25) is 0 Å². The summed E-state index contributed by atoms with van der Waals surface area (Å²) in [4.78, 5) is 1.93. The number of ether oxygens (including phenoxy) is 1. The second-order valence-corrected chi connectivity index (χ2v) is 7.81. The van der Waals surface area contributed by atoms with Crippen molar-refractivity contribution in [1.29, 1.82) is 0 Å². The van der Waals surface area contributed by atoms with Gasteiger partial charge in [-0.2, -0.15) is 13.2 Å². The maximum absolute atomic E-state index is 13.0. The summed E-state index contributed by atoms with van der Waals surface area (Å²) in [5.41, 5.74) is 4.97. The van der Waals surface area contributed by atoms with Gasteiger partial charge in [0.05, 0.1) is 18.0 Å². The normalized spacial score (nSPS) is 26.3. The average Bonchev–Trinajstić information content (AvgIpc) is 2.89. The Morgan fingerprint density at radius 3 is 2.46 bits per heavy atom. The molecule has 2 heterocycles. The van der Waals surface area contributed by atoms with Crippen LogP contribution in [-0.2, 0) is 6.42 Å². The Bertz CT molecular complexity index is 685. The summed E-state index contributed by atoms with van der Waals surface area (Å²) in [6.45, 7) is 3.29. The van der Waals surface area contributed by atoms with Crippen LogP contribution in [0, 0.1) is 5.92 Å². The summed E-state index contributed by atoms with van der Waals surface area (Å²) < 4.78 is 44.9. The zero-order valence-corrected chi connectivity index (χ0v) is 14.9. The quantitative estimate of drug-likeness (QED) is 0.709. The molecule has 1 aromatic rings. The van der Waals surface area contributed by atoms with Crippen molar-refractivity contribution in [3.05, 3.63) is 17.7 Å². The standard InChI is InChI=1S/C18H25F3N2O3/c1-16(10-24)9-11-7-13(22)14(8-15(11)26-16)23-5-3-12(4-6-23)17(2,25)18(19,20)21/h7-8,12,24-25H,3-6,9-10,22H2,1-2H3. The Labute approximate surface area is 150 Å². The van der Waals surface area contributed by atoms with Crippen molar-refractivity contribution < 1.29 is 28.1 Å². The van der Waals surface area contributed by atoms with Crippen LogP contribution in [0.15, 0.2) is 12.1 Å². The second kappa shape index (κ2) is 6.20. The summed E-state index contributed by atoms with van der Waals surface area (Å²) in [5.74, 6) is -0.196. The highest BCUT2D eigenvalue weighted by molar-refractivity contribution is 5.72. The first-order valence-corrected chi connectivity index (χ1v) is 8.73. The lowest BCUT2D eigenvalue weighted by molar-refractivity contribution is -0.273. The lowest BCUT2D eigenvalue weighted by Gasteiger charge is -2.41. The molecule has 2 aliphatic heterocycles. The van der Waals surface area contributed by atoms with Crippen molar-refractivity contribution in [3.63, 3.8) is 0 Å². The molecule has 3 rings (SSSR count). The van der Waals surface area contributed by atoms with Gasteiger partial charge in [-0.1, -0.05) is 0 Å². The van der Waals surface area contributed by atoms with Gasteiger partial charge in [-0.3, -0.25) is 0 Å². The molecule has 0 radical (unpaired) electrons. The topological polar surface area (TPSA) is 79.0 Å². The van der Waals surface area contributed by atoms with E-state index in [4.69, 9.17) is 10.5 Å². The van der Waals surface area contributed by atoms with E-state index in [-0.39, 0.29) is 19.4 Å². The molecule has 146 valence electrons. The molecule has 2 atom stereocenters. The van der Waals surface area contributed by atoms with E-state index in [1.807, 2.05) is 17.9 Å². The molecular weight excluding hydrogens is 349 g/mol. The van der Waals surface area contributed by atoms with E-state index < -0.39 is 23.3 Å². The minimum Gasteiger partial charge on any atom is -0.484 e. The Balaban J connectivity index is 1.75. The highest BCUT2D eigenvalue weighted by atomic mass is 19.4. The number of halogens is 3. The van der Waals surface area contributed by atoms with E-state index in [9.17, 15) is 23.4 Å². The molecule has 1 fully saturated rings. The number of nitrogens with zero attached hydrogens (tertiary/aromatic N) is 1. The summed E-state index contributed by atoms with van der Waals surface area (Å²) in [6.07, 6.45) is -3.65. The Hall–Kier alpha value is -1.67. The zero-order chi connectivity index (χ0) is 19.3. The number of nitrogen functional groups attached to an aromatic ring is 1. The predicted octanol–water partition coefficient (Wildman–Crippen LogP) is 2.48. The SMILES string of the molecule is CC1(CO)Cc2cc(N)c(N3CCC(C(C)(O)C(F)(F)F)CC3)cc2O1. The minimum atomic E-state index is -4.64. The van der Waals surface area contributed by atoms with Crippen LogP contribution >= 0.6 is 0 Å². The molecule has 26 heavy (non-hydrogen) atoms. The third kappa shape index (κ3) is 3.20. The van der Waals surface area contributed by atoms with Crippen LogP contribution in [-0.4, -0.2) is 47.3 Å². The first-order valence-electron chi connectivity index (χ1n) is 8.73. The van der Waals surface area contributed by atoms with E-state index in [1.165, 1.54) is 0 Å². The van der Waals surface area contributed by atoms with E-state index in [1.54, 1.807) is 6.07 Å². The van der Waals surface area contributed by atoms with Gasteiger partial charge in [0.15, 0.2) is 5.60 Å². The number of anilines is 2. The number of fused-ring (bicyclic) bond motifs is 1. The highest BCUT2D eigenvalue weighted by Crippen LogP contribution is 2.44. The summed E-state index contributed by atoms with van der Waals surface area (Å²) in [7, 11) is 0. The predicted molar refractivity (Wildman–Crippen MR) is 92.3 cm³/mol. The molecule has 0 aliphatic carbocycles. The summed E-state index contributed by atoms with van der Waals surface area (Å²) in [5, 5.41) is 19.4. The Kier molecular flexibility index (Phi) is 4.55. The van der Waals surface area contributed by atoms with Crippen molar-refractivity contribution >= 4 is 11.4 Å².